The largest absolute Gasteiger partial charge is 0.381 e. The molecule has 4 heteroatoms. The second-order valence-corrected chi connectivity index (χ2v) is 3.71. The van der Waals surface area contributed by atoms with Gasteiger partial charge in [-0.15, -0.1) is 0 Å². The maximum absolute atomic E-state index is 10.8. The third-order valence-corrected chi connectivity index (χ3v) is 2.38. The molecule has 0 aliphatic heterocycles. The number of amides is 1. The fraction of sp³-hybridized carbons (Fsp3) is 0.909. The van der Waals surface area contributed by atoms with Gasteiger partial charge in [-0.3, -0.25) is 4.79 Å². The van der Waals surface area contributed by atoms with E-state index < -0.39 is 0 Å². The minimum Gasteiger partial charge on any atom is -0.381 e. The highest BCUT2D eigenvalue weighted by Gasteiger charge is 2.11. The average molecular weight is 216 g/mol. The molecule has 0 rings (SSSR count). The molecule has 0 radical (unpaired) electrons. The minimum atomic E-state index is -0.313. The van der Waals surface area contributed by atoms with E-state index in [2.05, 4.69) is 12.2 Å². The highest BCUT2D eigenvalue weighted by atomic mass is 16.5. The van der Waals surface area contributed by atoms with Crippen molar-refractivity contribution in [2.24, 2.45) is 5.73 Å². The Morgan fingerprint density at radius 2 is 2.07 bits per heavy atom. The van der Waals surface area contributed by atoms with Gasteiger partial charge in [0.05, 0.1) is 6.04 Å². The lowest BCUT2D eigenvalue weighted by molar-refractivity contribution is -0.120. The van der Waals surface area contributed by atoms with Crippen LogP contribution in [0.4, 0.5) is 0 Å². The molecule has 0 aliphatic carbocycles. The Balaban J connectivity index is 3.25. The van der Waals surface area contributed by atoms with Crippen LogP contribution < -0.4 is 11.1 Å². The summed E-state index contributed by atoms with van der Waals surface area (Å²) in [6, 6.07) is -0.263. The number of nitrogens with two attached hydrogens (primary N) is 1. The van der Waals surface area contributed by atoms with Gasteiger partial charge in [0, 0.05) is 13.2 Å². The van der Waals surface area contributed by atoms with E-state index >= 15 is 0 Å². The zero-order chi connectivity index (χ0) is 11.5. The van der Waals surface area contributed by atoms with E-state index in [4.69, 9.17) is 10.5 Å². The summed E-state index contributed by atoms with van der Waals surface area (Å²) in [5, 5.41) is 2.86. The van der Waals surface area contributed by atoms with Gasteiger partial charge in [-0.1, -0.05) is 26.2 Å². The summed E-state index contributed by atoms with van der Waals surface area (Å²) in [6.45, 7) is 3.57. The molecule has 1 unspecified atom stereocenters. The van der Waals surface area contributed by atoms with Gasteiger partial charge in [-0.05, 0) is 19.9 Å². The first kappa shape index (κ1) is 14.4. The highest BCUT2D eigenvalue weighted by molar-refractivity contribution is 5.79. The van der Waals surface area contributed by atoms with Crippen LogP contribution in [-0.4, -0.2) is 32.2 Å². The van der Waals surface area contributed by atoms with Gasteiger partial charge in [-0.25, -0.2) is 0 Å². The van der Waals surface area contributed by atoms with Crippen LogP contribution in [0.1, 0.15) is 39.0 Å². The van der Waals surface area contributed by atoms with Gasteiger partial charge < -0.3 is 15.8 Å². The molecule has 0 spiro atoms. The monoisotopic (exact) mass is 216 g/mol. The molecule has 1 amide bonds. The summed E-state index contributed by atoms with van der Waals surface area (Å²) in [6.07, 6.45) is 5.49. The van der Waals surface area contributed by atoms with Crippen molar-refractivity contribution >= 4 is 5.91 Å². The third-order valence-electron chi connectivity index (χ3n) is 2.38. The van der Waals surface area contributed by atoms with Crippen molar-refractivity contribution in [2.45, 2.75) is 45.1 Å². The number of likely N-dealkylation sites (N-methyl/N-ethyl adjacent to an activating group) is 1. The first-order valence-corrected chi connectivity index (χ1v) is 5.76. The quantitative estimate of drug-likeness (QED) is 0.536. The van der Waals surface area contributed by atoms with Crippen molar-refractivity contribution < 1.29 is 9.53 Å². The van der Waals surface area contributed by atoms with E-state index in [1.807, 2.05) is 0 Å². The molecule has 0 aromatic rings. The number of rotatable bonds is 10. The Morgan fingerprint density at radius 3 is 2.60 bits per heavy atom. The van der Waals surface area contributed by atoms with Crippen molar-refractivity contribution in [1.82, 2.24) is 5.32 Å². The standard InChI is InChI=1S/C11H24N2O2/c1-3-4-5-6-8-15-9-7-10(13-2)11(12)14/h10,13H,3-9H2,1-2H3,(H2,12,14). The molecular formula is C11H24N2O2. The summed E-state index contributed by atoms with van der Waals surface area (Å²) in [7, 11) is 1.73. The van der Waals surface area contributed by atoms with Gasteiger partial charge in [0.15, 0.2) is 0 Å². The first-order valence-electron chi connectivity index (χ1n) is 5.76. The fourth-order valence-corrected chi connectivity index (χ4v) is 1.36. The maximum Gasteiger partial charge on any atom is 0.234 e. The molecule has 90 valence electrons. The Labute approximate surface area is 92.6 Å². The van der Waals surface area contributed by atoms with E-state index in [-0.39, 0.29) is 11.9 Å². The average Bonchev–Trinajstić information content (AvgIpc) is 2.21. The van der Waals surface area contributed by atoms with Crippen molar-refractivity contribution in [1.29, 1.82) is 0 Å². The Morgan fingerprint density at radius 1 is 1.33 bits per heavy atom. The van der Waals surface area contributed by atoms with Gasteiger partial charge in [-0.2, -0.15) is 0 Å². The maximum atomic E-state index is 10.8. The van der Waals surface area contributed by atoms with E-state index in [0.717, 1.165) is 13.0 Å². The highest BCUT2D eigenvalue weighted by Crippen LogP contribution is 1.99. The Bertz CT molecular complexity index is 163. The molecule has 0 aliphatic rings. The predicted octanol–water partition coefficient (Wildman–Crippen LogP) is 1.05. The number of carbonyl (C=O) groups excluding carboxylic acids is 1. The summed E-state index contributed by atoms with van der Waals surface area (Å²) < 4.78 is 5.41. The molecule has 0 bridgehead atoms. The van der Waals surface area contributed by atoms with Crippen molar-refractivity contribution in [3.63, 3.8) is 0 Å². The molecule has 0 fully saturated rings. The number of unbranched alkanes of at least 4 members (excludes halogenated alkanes) is 3. The van der Waals surface area contributed by atoms with Crippen LogP contribution in [0, 0.1) is 0 Å². The number of ether oxygens (including phenoxy) is 1. The normalized spacial score (nSPS) is 12.7. The van der Waals surface area contributed by atoms with Crippen LogP contribution in [0.25, 0.3) is 0 Å². The van der Waals surface area contributed by atoms with Crippen LogP contribution in [0.15, 0.2) is 0 Å². The molecule has 0 aromatic heterocycles. The summed E-state index contributed by atoms with van der Waals surface area (Å²) in [5.41, 5.74) is 5.17. The van der Waals surface area contributed by atoms with E-state index in [9.17, 15) is 4.79 Å². The Kier molecular flexibility index (Phi) is 9.52. The zero-order valence-electron chi connectivity index (χ0n) is 9.92. The number of hydrogen-bond acceptors (Lipinski definition) is 3. The lowest BCUT2D eigenvalue weighted by Crippen LogP contribution is -2.39. The third kappa shape index (κ3) is 8.39. The lowest BCUT2D eigenvalue weighted by Gasteiger charge is -2.11. The van der Waals surface area contributed by atoms with E-state index in [0.29, 0.717) is 13.0 Å². The van der Waals surface area contributed by atoms with Gasteiger partial charge in [0.2, 0.25) is 5.91 Å². The first-order chi connectivity index (χ1) is 7.22. The zero-order valence-corrected chi connectivity index (χ0v) is 9.92. The molecule has 15 heavy (non-hydrogen) atoms. The lowest BCUT2D eigenvalue weighted by atomic mass is 10.2. The second-order valence-electron chi connectivity index (χ2n) is 3.71. The van der Waals surface area contributed by atoms with Crippen LogP contribution >= 0.6 is 0 Å². The smallest absolute Gasteiger partial charge is 0.234 e. The Hall–Kier alpha value is -0.610. The van der Waals surface area contributed by atoms with Gasteiger partial charge in [0.1, 0.15) is 0 Å². The van der Waals surface area contributed by atoms with Crippen molar-refractivity contribution in [3.05, 3.63) is 0 Å². The van der Waals surface area contributed by atoms with Crippen molar-refractivity contribution in [3.8, 4) is 0 Å². The van der Waals surface area contributed by atoms with Crippen LogP contribution in [0.2, 0.25) is 0 Å². The molecular weight excluding hydrogens is 192 g/mol. The number of primary amides is 1. The topological polar surface area (TPSA) is 64.3 Å². The molecule has 3 N–H and O–H groups in total. The summed E-state index contributed by atoms with van der Waals surface area (Å²) in [5.74, 6) is -0.313. The SMILES string of the molecule is CCCCCCOCCC(NC)C(N)=O. The minimum absolute atomic E-state index is 0.263. The van der Waals surface area contributed by atoms with Crippen LogP contribution in [0.5, 0.6) is 0 Å². The second kappa shape index (κ2) is 9.93. The molecule has 0 aromatic carbocycles. The van der Waals surface area contributed by atoms with Gasteiger partial charge >= 0.3 is 0 Å². The number of carbonyl (C=O) groups is 1. The van der Waals surface area contributed by atoms with Crippen LogP contribution in [-0.2, 0) is 9.53 Å². The predicted molar refractivity (Wildman–Crippen MR) is 61.6 cm³/mol. The molecule has 1 atom stereocenters. The fourth-order valence-electron chi connectivity index (χ4n) is 1.36. The molecule has 0 saturated carbocycles. The van der Waals surface area contributed by atoms with E-state index in [1.165, 1.54) is 19.3 Å². The van der Waals surface area contributed by atoms with Crippen molar-refractivity contribution in [2.75, 3.05) is 20.3 Å². The molecule has 4 nitrogen and oxygen atoms in total. The summed E-state index contributed by atoms with van der Waals surface area (Å²) >= 11 is 0. The molecule has 0 saturated heterocycles. The van der Waals surface area contributed by atoms with Gasteiger partial charge in [0.25, 0.3) is 0 Å². The summed E-state index contributed by atoms with van der Waals surface area (Å²) in [4.78, 5) is 10.8. The molecule has 0 heterocycles. The van der Waals surface area contributed by atoms with E-state index in [1.54, 1.807) is 7.05 Å². The number of nitrogens with one attached hydrogen (secondary N) is 1. The number of hydrogen-bond donors (Lipinski definition) is 2. The van der Waals surface area contributed by atoms with Crippen LogP contribution in [0.3, 0.4) is 0 Å².